The zero-order chi connectivity index (χ0) is 14.1. The molecule has 2 aromatic rings. The summed E-state index contributed by atoms with van der Waals surface area (Å²) in [5, 5.41) is 3.50. The average Bonchev–Trinajstić information content (AvgIpc) is 2.81. The van der Waals surface area contributed by atoms with Gasteiger partial charge in [-0.1, -0.05) is 29.8 Å². The second kappa shape index (κ2) is 5.31. The maximum absolute atomic E-state index is 13.8. The van der Waals surface area contributed by atoms with Crippen molar-refractivity contribution in [1.29, 1.82) is 0 Å². The molecule has 1 heterocycles. The molecule has 3 nitrogen and oxygen atoms in total. The third-order valence-electron chi connectivity index (χ3n) is 3.06. The third kappa shape index (κ3) is 2.32. The van der Waals surface area contributed by atoms with Gasteiger partial charge in [-0.05, 0) is 19.2 Å². The van der Waals surface area contributed by atoms with E-state index >= 15 is 0 Å². The van der Waals surface area contributed by atoms with Crippen molar-refractivity contribution in [3.05, 3.63) is 47.2 Å². The van der Waals surface area contributed by atoms with Crippen LogP contribution in [0, 0.1) is 5.82 Å². The molecule has 0 amide bonds. The highest BCUT2D eigenvalue weighted by atomic mass is 35.5. The fourth-order valence-electron chi connectivity index (χ4n) is 2.20. The van der Waals surface area contributed by atoms with Gasteiger partial charge >= 0.3 is 0 Å². The van der Waals surface area contributed by atoms with Crippen LogP contribution in [0.5, 0.6) is 11.5 Å². The molecule has 20 heavy (non-hydrogen) atoms. The van der Waals surface area contributed by atoms with E-state index in [2.05, 4.69) is 5.32 Å². The second-order valence-electron chi connectivity index (χ2n) is 4.48. The molecule has 5 heteroatoms. The molecular weight excluding hydrogens is 281 g/mol. The van der Waals surface area contributed by atoms with Gasteiger partial charge in [0.25, 0.3) is 6.29 Å². The Morgan fingerprint density at radius 1 is 1.20 bits per heavy atom. The summed E-state index contributed by atoms with van der Waals surface area (Å²) in [6, 6.07) is 9.99. The summed E-state index contributed by atoms with van der Waals surface area (Å²) < 4.78 is 25.1. The predicted octanol–water partition coefficient (Wildman–Crippen LogP) is 3.46. The number of ether oxygens (including phenoxy) is 2. The topological polar surface area (TPSA) is 30.5 Å². The van der Waals surface area contributed by atoms with Crippen LogP contribution in [0.1, 0.15) is 0 Å². The normalized spacial score (nSPS) is 16.4. The van der Waals surface area contributed by atoms with Crippen LogP contribution in [0.4, 0.5) is 4.39 Å². The molecule has 3 rings (SSSR count). The second-order valence-corrected chi connectivity index (χ2v) is 4.89. The monoisotopic (exact) mass is 293 g/mol. The maximum atomic E-state index is 13.8. The first-order chi connectivity index (χ1) is 9.69. The van der Waals surface area contributed by atoms with Crippen molar-refractivity contribution < 1.29 is 13.9 Å². The molecule has 0 saturated heterocycles. The van der Waals surface area contributed by atoms with E-state index in [1.165, 1.54) is 12.1 Å². The summed E-state index contributed by atoms with van der Waals surface area (Å²) >= 11 is 6.18. The van der Waals surface area contributed by atoms with Crippen LogP contribution in [-0.4, -0.2) is 19.9 Å². The van der Waals surface area contributed by atoms with Crippen molar-refractivity contribution >= 4 is 11.6 Å². The molecule has 1 atom stereocenters. The van der Waals surface area contributed by atoms with Gasteiger partial charge < -0.3 is 14.8 Å². The first-order valence-electron chi connectivity index (χ1n) is 6.25. The lowest BCUT2D eigenvalue weighted by atomic mass is 10.0. The van der Waals surface area contributed by atoms with E-state index < -0.39 is 6.29 Å². The van der Waals surface area contributed by atoms with E-state index in [0.29, 0.717) is 28.6 Å². The summed E-state index contributed by atoms with van der Waals surface area (Å²) in [6.07, 6.45) is -0.460. The van der Waals surface area contributed by atoms with Crippen LogP contribution in [-0.2, 0) is 0 Å². The molecular formula is C15H13ClFNO2. The summed E-state index contributed by atoms with van der Waals surface area (Å²) in [5.41, 5.74) is 1.32. The Morgan fingerprint density at radius 2 is 2.00 bits per heavy atom. The van der Waals surface area contributed by atoms with Gasteiger partial charge in [0, 0.05) is 22.2 Å². The SMILES string of the molecule is CNCC1Oc2cc(F)cc(-c3ccccc3Cl)c2O1. The average molecular weight is 294 g/mol. The minimum Gasteiger partial charge on any atom is -0.449 e. The van der Waals surface area contributed by atoms with Gasteiger partial charge in [-0.2, -0.15) is 0 Å². The summed E-state index contributed by atoms with van der Waals surface area (Å²) in [4.78, 5) is 0. The number of hydrogen-bond acceptors (Lipinski definition) is 3. The Labute approximate surface area is 121 Å². The minimum atomic E-state index is -0.460. The van der Waals surface area contributed by atoms with Crippen LogP contribution in [0.25, 0.3) is 11.1 Å². The van der Waals surface area contributed by atoms with Gasteiger partial charge in [0.1, 0.15) is 5.82 Å². The molecule has 0 aromatic heterocycles. The quantitative estimate of drug-likeness (QED) is 0.940. The smallest absolute Gasteiger partial charge is 0.253 e. The standard InChI is InChI=1S/C15H13ClFNO2/c1-18-8-14-19-13-7-9(17)6-11(15(13)20-14)10-4-2-3-5-12(10)16/h2-7,14,18H,8H2,1H3. The molecule has 1 unspecified atom stereocenters. The minimum absolute atomic E-state index is 0.382. The van der Waals surface area contributed by atoms with E-state index in [1.54, 1.807) is 13.1 Å². The highest BCUT2D eigenvalue weighted by Crippen LogP contribution is 2.45. The molecule has 0 aliphatic carbocycles. The summed E-state index contributed by atoms with van der Waals surface area (Å²) in [6.45, 7) is 0.512. The number of halogens is 2. The Kier molecular flexibility index (Phi) is 3.51. The van der Waals surface area contributed by atoms with Crippen molar-refractivity contribution in [2.75, 3.05) is 13.6 Å². The molecule has 0 fully saturated rings. The third-order valence-corrected chi connectivity index (χ3v) is 3.39. The number of benzene rings is 2. The van der Waals surface area contributed by atoms with E-state index in [0.717, 1.165) is 5.56 Å². The van der Waals surface area contributed by atoms with Crippen molar-refractivity contribution in [2.45, 2.75) is 6.29 Å². The van der Waals surface area contributed by atoms with Crippen molar-refractivity contribution in [1.82, 2.24) is 5.32 Å². The number of likely N-dealkylation sites (N-methyl/N-ethyl adjacent to an activating group) is 1. The fraction of sp³-hybridized carbons (Fsp3) is 0.200. The molecule has 104 valence electrons. The molecule has 2 aromatic carbocycles. The predicted molar refractivity (Wildman–Crippen MR) is 75.8 cm³/mol. The summed E-state index contributed by atoms with van der Waals surface area (Å²) in [5.74, 6) is 0.548. The molecule has 0 radical (unpaired) electrons. The fourth-order valence-corrected chi connectivity index (χ4v) is 2.44. The Balaban J connectivity index is 2.08. The van der Waals surface area contributed by atoms with Crippen LogP contribution in [0.3, 0.4) is 0 Å². The molecule has 1 N–H and O–H groups in total. The molecule has 1 aliphatic heterocycles. The Hall–Kier alpha value is -1.78. The van der Waals surface area contributed by atoms with Gasteiger partial charge in [0.2, 0.25) is 0 Å². The van der Waals surface area contributed by atoms with Gasteiger partial charge in [-0.3, -0.25) is 0 Å². The molecule has 1 aliphatic rings. The van der Waals surface area contributed by atoms with Gasteiger partial charge in [0.05, 0.1) is 6.54 Å². The Bertz CT molecular complexity index is 648. The van der Waals surface area contributed by atoms with E-state index in [9.17, 15) is 4.39 Å². The van der Waals surface area contributed by atoms with Crippen LogP contribution < -0.4 is 14.8 Å². The van der Waals surface area contributed by atoms with E-state index in [-0.39, 0.29) is 5.82 Å². The zero-order valence-electron chi connectivity index (χ0n) is 10.8. The lowest BCUT2D eigenvalue weighted by molar-refractivity contribution is 0.0518. The number of nitrogens with one attached hydrogen (secondary N) is 1. The van der Waals surface area contributed by atoms with Crippen molar-refractivity contribution in [2.24, 2.45) is 0 Å². The Morgan fingerprint density at radius 3 is 2.75 bits per heavy atom. The van der Waals surface area contributed by atoms with Crippen LogP contribution in [0.15, 0.2) is 36.4 Å². The van der Waals surface area contributed by atoms with Gasteiger partial charge in [-0.15, -0.1) is 0 Å². The van der Waals surface area contributed by atoms with Crippen molar-refractivity contribution in [3.8, 4) is 22.6 Å². The van der Waals surface area contributed by atoms with Gasteiger partial charge in [0.15, 0.2) is 11.5 Å². The number of hydrogen-bond donors (Lipinski definition) is 1. The molecule has 0 saturated carbocycles. The van der Waals surface area contributed by atoms with Crippen LogP contribution in [0.2, 0.25) is 5.02 Å². The summed E-state index contributed by atoms with van der Waals surface area (Å²) in [7, 11) is 1.80. The highest BCUT2D eigenvalue weighted by Gasteiger charge is 2.28. The lowest BCUT2D eigenvalue weighted by Gasteiger charge is -2.10. The van der Waals surface area contributed by atoms with E-state index in [1.807, 2.05) is 18.2 Å². The first kappa shape index (κ1) is 13.2. The van der Waals surface area contributed by atoms with E-state index in [4.69, 9.17) is 21.1 Å². The molecule has 0 spiro atoms. The van der Waals surface area contributed by atoms with Gasteiger partial charge in [-0.25, -0.2) is 4.39 Å². The highest BCUT2D eigenvalue weighted by molar-refractivity contribution is 6.33. The first-order valence-corrected chi connectivity index (χ1v) is 6.63. The zero-order valence-corrected chi connectivity index (χ0v) is 11.6. The van der Waals surface area contributed by atoms with Crippen LogP contribution >= 0.6 is 11.6 Å². The number of fused-ring (bicyclic) bond motifs is 1. The lowest BCUT2D eigenvalue weighted by Crippen LogP contribution is -2.30. The number of rotatable bonds is 3. The molecule has 0 bridgehead atoms. The van der Waals surface area contributed by atoms with Crippen molar-refractivity contribution in [3.63, 3.8) is 0 Å². The largest absolute Gasteiger partial charge is 0.449 e. The maximum Gasteiger partial charge on any atom is 0.253 e.